The molecular weight excluding hydrogens is 256 g/mol. The summed E-state index contributed by atoms with van der Waals surface area (Å²) in [6.45, 7) is 4.51. The molecule has 2 rings (SSSR count). The van der Waals surface area contributed by atoms with Gasteiger partial charge in [0.05, 0.1) is 25.8 Å². The highest BCUT2D eigenvalue weighted by molar-refractivity contribution is 6.00. The van der Waals surface area contributed by atoms with Gasteiger partial charge in [0.25, 0.3) is 5.91 Å². The van der Waals surface area contributed by atoms with Crippen molar-refractivity contribution >= 4 is 11.6 Å². The lowest BCUT2D eigenvalue weighted by atomic mass is 10.1. The summed E-state index contributed by atoms with van der Waals surface area (Å²) in [7, 11) is 3.07. The highest BCUT2D eigenvalue weighted by Crippen LogP contribution is 2.33. The summed E-state index contributed by atoms with van der Waals surface area (Å²) in [5.41, 5.74) is 6.80. The molecule has 0 unspecified atom stereocenters. The van der Waals surface area contributed by atoms with Gasteiger partial charge in [-0.3, -0.25) is 4.79 Å². The van der Waals surface area contributed by atoms with Crippen molar-refractivity contribution in [2.75, 3.05) is 26.5 Å². The maximum atomic E-state index is 12.6. The van der Waals surface area contributed by atoms with Crippen LogP contribution in [0.4, 0.5) is 5.69 Å². The molecule has 1 amide bonds. The lowest BCUT2D eigenvalue weighted by molar-refractivity contribution is 0.0762. The molecule has 0 spiro atoms. The van der Waals surface area contributed by atoms with Gasteiger partial charge in [-0.15, -0.1) is 6.58 Å². The number of nitrogen functional groups attached to an aromatic ring is 1. The number of hydrogen-bond donors (Lipinski definition) is 1. The Balaban J connectivity index is 2.36. The van der Waals surface area contributed by atoms with E-state index < -0.39 is 0 Å². The first-order valence-electron chi connectivity index (χ1n) is 6.57. The third kappa shape index (κ3) is 2.43. The van der Waals surface area contributed by atoms with Crippen LogP contribution in [0.5, 0.6) is 11.5 Å². The van der Waals surface area contributed by atoms with Gasteiger partial charge in [0, 0.05) is 18.3 Å². The molecular formula is C15H20N2O3. The molecule has 1 fully saturated rings. The zero-order valence-corrected chi connectivity index (χ0v) is 11.9. The fourth-order valence-corrected chi connectivity index (χ4v) is 2.52. The zero-order valence-electron chi connectivity index (χ0n) is 11.9. The molecule has 5 nitrogen and oxygen atoms in total. The molecule has 1 aromatic rings. The van der Waals surface area contributed by atoms with E-state index in [2.05, 4.69) is 6.58 Å². The quantitative estimate of drug-likeness (QED) is 0.675. The van der Waals surface area contributed by atoms with E-state index in [4.69, 9.17) is 15.2 Å². The van der Waals surface area contributed by atoms with Crippen LogP contribution in [0.25, 0.3) is 0 Å². The molecule has 0 saturated carbocycles. The van der Waals surface area contributed by atoms with Crippen molar-refractivity contribution < 1.29 is 14.3 Å². The monoisotopic (exact) mass is 276 g/mol. The molecule has 1 heterocycles. The standard InChI is InChI=1S/C15H20N2O3/c1-4-10-6-5-7-17(10)15(18)11-8-13(19-2)14(20-3)9-12(11)16/h4,8-10H,1,5-7,16H2,2-3H3/t10-/m1/s1. The van der Waals surface area contributed by atoms with Gasteiger partial charge in [-0.2, -0.15) is 0 Å². The van der Waals surface area contributed by atoms with Crippen LogP contribution in [0.2, 0.25) is 0 Å². The number of hydrogen-bond acceptors (Lipinski definition) is 4. The molecule has 0 aromatic heterocycles. The summed E-state index contributed by atoms with van der Waals surface area (Å²) in [5.74, 6) is 0.925. The van der Waals surface area contributed by atoms with Crippen molar-refractivity contribution in [3.63, 3.8) is 0 Å². The van der Waals surface area contributed by atoms with Crippen LogP contribution < -0.4 is 15.2 Å². The molecule has 0 bridgehead atoms. The van der Waals surface area contributed by atoms with Gasteiger partial charge >= 0.3 is 0 Å². The predicted molar refractivity (Wildman–Crippen MR) is 78.2 cm³/mol. The third-order valence-electron chi connectivity index (χ3n) is 3.62. The van der Waals surface area contributed by atoms with Crippen LogP contribution in [0.3, 0.4) is 0 Å². The van der Waals surface area contributed by atoms with Crippen molar-refractivity contribution in [1.29, 1.82) is 0 Å². The number of carbonyl (C=O) groups is 1. The van der Waals surface area contributed by atoms with Gasteiger partial charge < -0.3 is 20.1 Å². The first-order valence-corrected chi connectivity index (χ1v) is 6.57. The number of ether oxygens (including phenoxy) is 2. The van der Waals surface area contributed by atoms with Gasteiger partial charge in [0.2, 0.25) is 0 Å². The molecule has 1 atom stereocenters. The summed E-state index contributed by atoms with van der Waals surface area (Å²) < 4.78 is 10.4. The van der Waals surface area contributed by atoms with Crippen molar-refractivity contribution in [2.45, 2.75) is 18.9 Å². The summed E-state index contributed by atoms with van der Waals surface area (Å²) in [6, 6.07) is 3.33. The number of likely N-dealkylation sites (tertiary alicyclic amines) is 1. The average molecular weight is 276 g/mol. The number of methoxy groups -OCH3 is 2. The summed E-state index contributed by atoms with van der Waals surface area (Å²) in [4.78, 5) is 14.4. The van der Waals surface area contributed by atoms with Gasteiger partial charge in [0.1, 0.15) is 0 Å². The van der Waals surface area contributed by atoms with Crippen LogP contribution in [-0.2, 0) is 0 Å². The number of benzene rings is 1. The van der Waals surface area contributed by atoms with E-state index in [9.17, 15) is 4.79 Å². The van der Waals surface area contributed by atoms with Crippen LogP contribution in [0.1, 0.15) is 23.2 Å². The number of rotatable bonds is 4. The van der Waals surface area contributed by atoms with Crippen LogP contribution >= 0.6 is 0 Å². The second kappa shape index (κ2) is 5.86. The van der Waals surface area contributed by atoms with Gasteiger partial charge in [0.15, 0.2) is 11.5 Å². The Labute approximate surface area is 119 Å². The Kier molecular flexibility index (Phi) is 4.17. The Morgan fingerprint density at radius 1 is 1.40 bits per heavy atom. The first-order chi connectivity index (χ1) is 9.62. The zero-order chi connectivity index (χ0) is 14.7. The molecule has 0 radical (unpaired) electrons. The minimum absolute atomic E-state index is 0.0787. The molecule has 1 saturated heterocycles. The topological polar surface area (TPSA) is 64.8 Å². The Morgan fingerprint density at radius 3 is 2.65 bits per heavy atom. The smallest absolute Gasteiger partial charge is 0.256 e. The molecule has 5 heteroatoms. The molecule has 2 N–H and O–H groups in total. The fraction of sp³-hybridized carbons (Fsp3) is 0.400. The highest BCUT2D eigenvalue weighted by Gasteiger charge is 2.29. The lowest BCUT2D eigenvalue weighted by Crippen LogP contribution is -2.34. The van der Waals surface area contributed by atoms with E-state index in [-0.39, 0.29) is 11.9 Å². The minimum atomic E-state index is -0.0918. The van der Waals surface area contributed by atoms with E-state index >= 15 is 0 Å². The Morgan fingerprint density at radius 2 is 2.05 bits per heavy atom. The molecule has 20 heavy (non-hydrogen) atoms. The maximum absolute atomic E-state index is 12.6. The normalized spacial score (nSPS) is 17.9. The Bertz CT molecular complexity index is 528. The maximum Gasteiger partial charge on any atom is 0.256 e. The summed E-state index contributed by atoms with van der Waals surface area (Å²) in [5, 5.41) is 0. The van der Waals surface area contributed by atoms with Crippen molar-refractivity contribution in [1.82, 2.24) is 4.90 Å². The number of amides is 1. The lowest BCUT2D eigenvalue weighted by Gasteiger charge is -2.23. The SMILES string of the molecule is C=C[C@@H]1CCCN1C(=O)c1cc(OC)c(OC)cc1N. The second-order valence-electron chi connectivity index (χ2n) is 4.74. The number of carbonyl (C=O) groups excluding carboxylic acids is 1. The van der Waals surface area contributed by atoms with Crippen molar-refractivity contribution in [2.24, 2.45) is 0 Å². The third-order valence-corrected chi connectivity index (χ3v) is 3.62. The molecule has 1 aliphatic rings. The Hall–Kier alpha value is -2.17. The van der Waals surface area contributed by atoms with E-state index in [1.165, 1.54) is 14.2 Å². The van der Waals surface area contributed by atoms with Gasteiger partial charge in [-0.1, -0.05) is 6.08 Å². The van der Waals surface area contributed by atoms with Crippen LogP contribution in [0.15, 0.2) is 24.8 Å². The van der Waals surface area contributed by atoms with Gasteiger partial charge in [-0.05, 0) is 18.9 Å². The molecule has 1 aromatic carbocycles. The molecule has 0 aliphatic carbocycles. The summed E-state index contributed by atoms with van der Waals surface area (Å²) >= 11 is 0. The van der Waals surface area contributed by atoms with E-state index in [1.54, 1.807) is 17.0 Å². The van der Waals surface area contributed by atoms with Crippen LogP contribution in [0, 0.1) is 0 Å². The first kappa shape index (κ1) is 14.2. The van der Waals surface area contributed by atoms with Crippen LogP contribution in [-0.4, -0.2) is 37.6 Å². The molecule has 108 valence electrons. The number of nitrogens with two attached hydrogens (primary N) is 1. The minimum Gasteiger partial charge on any atom is -0.493 e. The number of nitrogens with zero attached hydrogens (tertiary/aromatic N) is 1. The van der Waals surface area contributed by atoms with E-state index in [1.807, 2.05) is 6.08 Å². The fourth-order valence-electron chi connectivity index (χ4n) is 2.52. The van der Waals surface area contributed by atoms with E-state index in [0.717, 1.165) is 19.4 Å². The second-order valence-corrected chi connectivity index (χ2v) is 4.74. The van der Waals surface area contributed by atoms with Crippen molar-refractivity contribution in [3.8, 4) is 11.5 Å². The van der Waals surface area contributed by atoms with Gasteiger partial charge in [-0.25, -0.2) is 0 Å². The van der Waals surface area contributed by atoms with Crippen molar-refractivity contribution in [3.05, 3.63) is 30.4 Å². The summed E-state index contributed by atoms with van der Waals surface area (Å²) in [6.07, 6.45) is 3.74. The predicted octanol–water partition coefficient (Wildman–Crippen LogP) is 2.08. The number of anilines is 1. The average Bonchev–Trinajstić information content (AvgIpc) is 2.94. The molecule has 1 aliphatic heterocycles. The van der Waals surface area contributed by atoms with E-state index in [0.29, 0.717) is 22.7 Å². The largest absolute Gasteiger partial charge is 0.493 e. The highest BCUT2D eigenvalue weighted by atomic mass is 16.5.